The molecule has 5 heteroatoms. The zero-order valence-electron chi connectivity index (χ0n) is 18.2. The summed E-state index contributed by atoms with van der Waals surface area (Å²) in [5.41, 5.74) is 4.70. The SMILES string of the molecule is COc1cccc(-n2c(/C=C/c3c(C)n(C)c4ccccc34)nc3ccccc3c2=O)c1. The average Bonchev–Trinajstić information content (AvgIpc) is 3.07. The van der Waals surface area contributed by atoms with E-state index in [1.807, 2.05) is 72.8 Å². The van der Waals surface area contributed by atoms with E-state index in [1.165, 1.54) is 10.9 Å². The minimum atomic E-state index is -0.113. The van der Waals surface area contributed by atoms with Crippen LogP contribution in [0.3, 0.4) is 0 Å². The summed E-state index contributed by atoms with van der Waals surface area (Å²) in [4.78, 5) is 18.3. The quantitative estimate of drug-likeness (QED) is 0.392. The van der Waals surface area contributed by atoms with E-state index >= 15 is 0 Å². The van der Waals surface area contributed by atoms with Crippen molar-refractivity contribution in [3.8, 4) is 11.4 Å². The summed E-state index contributed by atoms with van der Waals surface area (Å²) in [6.07, 6.45) is 3.97. The van der Waals surface area contributed by atoms with Crippen LogP contribution in [0.25, 0.3) is 39.6 Å². The number of rotatable bonds is 4. The van der Waals surface area contributed by atoms with Gasteiger partial charge in [-0.05, 0) is 49.4 Å². The van der Waals surface area contributed by atoms with Gasteiger partial charge in [0, 0.05) is 35.3 Å². The fourth-order valence-electron chi connectivity index (χ4n) is 4.18. The van der Waals surface area contributed by atoms with E-state index in [0.717, 1.165) is 11.3 Å². The lowest BCUT2D eigenvalue weighted by molar-refractivity contribution is 0.414. The zero-order chi connectivity index (χ0) is 22.2. The normalized spacial score (nSPS) is 11.6. The van der Waals surface area contributed by atoms with Gasteiger partial charge in [-0.2, -0.15) is 0 Å². The standard InChI is InChI=1S/C27H23N3O2/c1-18-21(22-11-5-7-14-25(22)29(18)2)15-16-26-28-24-13-6-4-12-23(24)27(31)30(26)19-9-8-10-20(17-19)32-3/h4-17H,1-3H3/b16-15+. The van der Waals surface area contributed by atoms with Gasteiger partial charge < -0.3 is 9.30 Å². The van der Waals surface area contributed by atoms with E-state index in [0.29, 0.717) is 28.2 Å². The van der Waals surface area contributed by atoms with Crippen LogP contribution in [-0.2, 0) is 7.05 Å². The molecule has 2 aromatic heterocycles. The first-order valence-electron chi connectivity index (χ1n) is 10.5. The highest BCUT2D eigenvalue weighted by molar-refractivity contribution is 5.93. The zero-order valence-corrected chi connectivity index (χ0v) is 18.2. The Kier molecular flexibility index (Phi) is 4.86. The van der Waals surface area contributed by atoms with Gasteiger partial charge >= 0.3 is 0 Å². The maximum Gasteiger partial charge on any atom is 0.266 e. The number of fused-ring (bicyclic) bond motifs is 2. The highest BCUT2D eigenvalue weighted by atomic mass is 16.5. The molecule has 0 spiro atoms. The molecule has 0 aliphatic heterocycles. The number of para-hydroxylation sites is 2. The van der Waals surface area contributed by atoms with Crippen molar-refractivity contribution in [2.75, 3.05) is 7.11 Å². The average molecular weight is 422 g/mol. The lowest BCUT2D eigenvalue weighted by Crippen LogP contribution is -2.22. The number of hydrogen-bond acceptors (Lipinski definition) is 3. The predicted octanol–water partition coefficient (Wildman–Crippen LogP) is 5.36. The van der Waals surface area contributed by atoms with Gasteiger partial charge in [-0.15, -0.1) is 0 Å². The van der Waals surface area contributed by atoms with Gasteiger partial charge in [0.2, 0.25) is 0 Å². The topological polar surface area (TPSA) is 49.0 Å². The molecule has 0 aliphatic rings. The van der Waals surface area contributed by atoms with Crippen molar-refractivity contribution in [2.45, 2.75) is 6.92 Å². The van der Waals surface area contributed by atoms with E-state index in [1.54, 1.807) is 11.7 Å². The molecule has 2 heterocycles. The molecular formula is C27H23N3O2. The summed E-state index contributed by atoms with van der Waals surface area (Å²) in [6, 6.07) is 23.2. The van der Waals surface area contributed by atoms with Gasteiger partial charge in [0.1, 0.15) is 11.6 Å². The molecule has 0 amide bonds. The summed E-state index contributed by atoms with van der Waals surface area (Å²) >= 11 is 0. The summed E-state index contributed by atoms with van der Waals surface area (Å²) in [7, 11) is 3.68. The third-order valence-corrected chi connectivity index (χ3v) is 5.96. The predicted molar refractivity (Wildman–Crippen MR) is 130 cm³/mol. The van der Waals surface area contributed by atoms with Crippen molar-refractivity contribution in [3.05, 3.63) is 100 Å². The number of ether oxygens (including phenoxy) is 1. The van der Waals surface area contributed by atoms with Crippen LogP contribution >= 0.6 is 0 Å². The van der Waals surface area contributed by atoms with Crippen LogP contribution in [0, 0.1) is 6.92 Å². The molecule has 0 saturated heterocycles. The van der Waals surface area contributed by atoms with Crippen LogP contribution in [0.1, 0.15) is 17.1 Å². The lowest BCUT2D eigenvalue weighted by atomic mass is 10.1. The van der Waals surface area contributed by atoms with Crippen LogP contribution in [0.15, 0.2) is 77.6 Å². The van der Waals surface area contributed by atoms with E-state index in [2.05, 4.69) is 30.7 Å². The van der Waals surface area contributed by atoms with Gasteiger partial charge in [0.25, 0.3) is 5.56 Å². The van der Waals surface area contributed by atoms with Crippen molar-refractivity contribution < 1.29 is 4.74 Å². The maximum absolute atomic E-state index is 13.5. The van der Waals surface area contributed by atoms with Crippen molar-refractivity contribution in [3.63, 3.8) is 0 Å². The number of nitrogens with zero attached hydrogens (tertiary/aromatic N) is 3. The molecule has 32 heavy (non-hydrogen) atoms. The smallest absolute Gasteiger partial charge is 0.266 e. The van der Waals surface area contributed by atoms with Crippen LogP contribution < -0.4 is 10.3 Å². The first-order chi connectivity index (χ1) is 15.6. The molecule has 0 unspecified atom stereocenters. The van der Waals surface area contributed by atoms with E-state index < -0.39 is 0 Å². The Morgan fingerprint density at radius 1 is 0.906 bits per heavy atom. The van der Waals surface area contributed by atoms with Gasteiger partial charge in [-0.1, -0.05) is 36.4 Å². The second-order valence-electron chi connectivity index (χ2n) is 7.74. The molecule has 0 saturated carbocycles. The van der Waals surface area contributed by atoms with Crippen LogP contribution in [0.4, 0.5) is 0 Å². The van der Waals surface area contributed by atoms with Crippen molar-refractivity contribution in [1.29, 1.82) is 0 Å². The Morgan fingerprint density at radius 2 is 1.66 bits per heavy atom. The molecule has 0 bridgehead atoms. The molecule has 0 atom stereocenters. The van der Waals surface area contributed by atoms with Gasteiger partial charge in [0.05, 0.1) is 23.7 Å². The van der Waals surface area contributed by atoms with Gasteiger partial charge in [0.15, 0.2) is 0 Å². The summed E-state index contributed by atoms with van der Waals surface area (Å²) in [5.74, 6) is 1.25. The van der Waals surface area contributed by atoms with Crippen molar-refractivity contribution in [2.24, 2.45) is 7.05 Å². The van der Waals surface area contributed by atoms with E-state index in [4.69, 9.17) is 9.72 Å². The number of aryl methyl sites for hydroxylation is 1. The fraction of sp³-hybridized carbons (Fsp3) is 0.111. The molecule has 5 aromatic rings. The molecule has 5 nitrogen and oxygen atoms in total. The van der Waals surface area contributed by atoms with Gasteiger partial charge in [-0.25, -0.2) is 4.98 Å². The Labute approximate surface area is 185 Å². The molecule has 5 rings (SSSR count). The first kappa shape index (κ1) is 19.8. The van der Waals surface area contributed by atoms with E-state index in [-0.39, 0.29) is 5.56 Å². The largest absolute Gasteiger partial charge is 0.497 e. The summed E-state index contributed by atoms with van der Waals surface area (Å²) < 4.78 is 9.20. The minimum Gasteiger partial charge on any atom is -0.497 e. The van der Waals surface area contributed by atoms with Crippen molar-refractivity contribution >= 4 is 34.0 Å². The van der Waals surface area contributed by atoms with Crippen LogP contribution in [-0.4, -0.2) is 21.2 Å². The summed E-state index contributed by atoms with van der Waals surface area (Å²) in [5, 5.41) is 1.74. The Morgan fingerprint density at radius 3 is 2.47 bits per heavy atom. The molecule has 0 fully saturated rings. The number of aromatic nitrogens is 3. The Hall–Kier alpha value is -4.12. The Balaban J connectivity index is 1.76. The van der Waals surface area contributed by atoms with Crippen LogP contribution in [0.5, 0.6) is 5.75 Å². The first-order valence-corrected chi connectivity index (χ1v) is 10.5. The number of methoxy groups -OCH3 is 1. The Bertz CT molecular complexity index is 1560. The highest BCUT2D eigenvalue weighted by Crippen LogP contribution is 2.27. The lowest BCUT2D eigenvalue weighted by Gasteiger charge is -2.12. The molecule has 3 aromatic carbocycles. The third-order valence-electron chi connectivity index (χ3n) is 5.96. The highest BCUT2D eigenvalue weighted by Gasteiger charge is 2.13. The molecular weight excluding hydrogens is 398 g/mol. The van der Waals surface area contributed by atoms with Gasteiger partial charge in [-0.3, -0.25) is 9.36 Å². The molecule has 0 aliphatic carbocycles. The molecule has 0 radical (unpaired) electrons. The second-order valence-corrected chi connectivity index (χ2v) is 7.74. The minimum absolute atomic E-state index is 0.113. The molecule has 0 N–H and O–H groups in total. The summed E-state index contributed by atoms with van der Waals surface area (Å²) in [6.45, 7) is 2.10. The van der Waals surface area contributed by atoms with E-state index in [9.17, 15) is 4.79 Å². The van der Waals surface area contributed by atoms with Crippen molar-refractivity contribution in [1.82, 2.24) is 14.1 Å². The number of benzene rings is 3. The third kappa shape index (κ3) is 3.19. The second kappa shape index (κ2) is 7.85. The monoisotopic (exact) mass is 421 g/mol. The fourth-order valence-corrected chi connectivity index (χ4v) is 4.18. The maximum atomic E-state index is 13.5. The number of hydrogen-bond donors (Lipinski definition) is 0. The van der Waals surface area contributed by atoms with Crippen LogP contribution in [0.2, 0.25) is 0 Å². The molecule has 158 valence electrons.